The minimum absolute atomic E-state index is 0.363. The van der Waals surface area contributed by atoms with E-state index in [9.17, 15) is 4.21 Å². The highest BCUT2D eigenvalue weighted by Crippen LogP contribution is 2.52. The van der Waals surface area contributed by atoms with Gasteiger partial charge in [0.2, 0.25) is 0 Å². The second-order valence-electron chi connectivity index (χ2n) is 8.79. The van der Waals surface area contributed by atoms with Crippen molar-refractivity contribution in [2.45, 2.75) is 98.6 Å². The molecule has 0 aliphatic carbocycles. The Morgan fingerprint density at radius 2 is 0.889 bits per heavy atom. The summed E-state index contributed by atoms with van der Waals surface area (Å²) in [4.78, 5) is 4.61. The van der Waals surface area contributed by atoms with E-state index < -0.39 is 10.8 Å². The third-order valence-corrected chi connectivity index (χ3v) is 8.58. The van der Waals surface area contributed by atoms with Crippen LogP contribution in [0.4, 0.5) is 0 Å². The van der Waals surface area contributed by atoms with Crippen molar-refractivity contribution in [3.8, 4) is 0 Å². The molecule has 3 rings (SSSR count). The van der Waals surface area contributed by atoms with Crippen molar-refractivity contribution in [3.63, 3.8) is 0 Å². The van der Waals surface area contributed by atoms with Gasteiger partial charge in [-0.2, -0.15) is 0 Å². The van der Waals surface area contributed by atoms with Gasteiger partial charge in [-0.05, 0) is 45.9 Å². The van der Waals surface area contributed by atoms with E-state index in [2.05, 4.69) is 79.7 Å². The number of benzene rings is 2. The van der Waals surface area contributed by atoms with Gasteiger partial charge in [0, 0.05) is 9.79 Å². The minimum atomic E-state index is -1.13. The van der Waals surface area contributed by atoms with Crippen molar-refractivity contribution in [2.24, 2.45) is 0 Å². The second-order valence-corrected chi connectivity index (χ2v) is 11.2. The van der Waals surface area contributed by atoms with Crippen molar-refractivity contribution < 1.29 is 4.21 Å². The molecular formula is C24H32OS2. The highest BCUT2D eigenvalue weighted by Gasteiger charge is 2.33. The van der Waals surface area contributed by atoms with E-state index in [4.69, 9.17) is 0 Å². The van der Waals surface area contributed by atoms with Crippen LogP contribution in [0, 0.1) is 0 Å². The van der Waals surface area contributed by atoms with Gasteiger partial charge in [-0.3, -0.25) is 0 Å². The lowest BCUT2D eigenvalue weighted by atomic mass is 9.96. The molecule has 0 amide bonds. The molecule has 0 saturated carbocycles. The van der Waals surface area contributed by atoms with Crippen LogP contribution in [0.2, 0.25) is 0 Å². The van der Waals surface area contributed by atoms with Gasteiger partial charge >= 0.3 is 0 Å². The third-order valence-electron chi connectivity index (χ3n) is 5.41. The van der Waals surface area contributed by atoms with Crippen LogP contribution in [0.3, 0.4) is 0 Å². The highest BCUT2D eigenvalue weighted by atomic mass is 32.2. The van der Waals surface area contributed by atoms with E-state index in [0.29, 0.717) is 23.7 Å². The molecule has 27 heavy (non-hydrogen) atoms. The number of fused-ring (bicyclic) bond motifs is 2. The first-order chi connectivity index (χ1) is 12.6. The summed E-state index contributed by atoms with van der Waals surface area (Å²) in [5, 5.41) is 0. The first-order valence-electron chi connectivity index (χ1n) is 10.1. The molecule has 0 aromatic heterocycles. The van der Waals surface area contributed by atoms with Gasteiger partial charge in [0.15, 0.2) is 0 Å². The molecule has 1 aliphatic rings. The Kier molecular flexibility index (Phi) is 5.93. The number of hydrogen-bond acceptors (Lipinski definition) is 2. The Morgan fingerprint density at radius 1 is 0.593 bits per heavy atom. The standard InChI is InChI=1S/C24H32OS2/c1-13(2)17-9-11-19(15(5)6)23-21(17)26-22-18(14(3)4)10-12-20(16(7)8)24(22)27(23)25/h9-16H,1-8H3. The molecule has 2 aromatic rings. The summed E-state index contributed by atoms with van der Waals surface area (Å²) >= 11 is 1.87. The summed E-state index contributed by atoms with van der Waals surface area (Å²) in [6, 6.07) is 8.94. The molecule has 0 N–H and O–H groups in total. The van der Waals surface area contributed by atoms with Crippen LogP contribution in [0.5, 0.6) is 0 Å². The zero-order valence-electron chi connectivity index (χ0n) is 17.8. The average Bonchev–Trinajstić information content (AvgIpc) is 2.59. The number of rotatable bonds is 4. The lowest BCUT2D eigenvalue weighted by Crippen LogP contribution is -2.14. The molecule has 1 aliphatic heterocycles. The monoisotopic (exact) mass is 400 g/mol. The molecule has 0 radical (unpaired) electrons. The maximum atomic E-state index is 14.0. The summed E-state index contributed by atoms with van der Waals surface area (Å²) in [5.41, 5.74) is 5.11. The number of hydrogen-bond donors (Lipinski definition) is 0. The van der Waals surface area contributed by atoms with E-state index in [0.717, 1.165) is 9.79 Å². The molecule has 1 nitrogen and oxygen atoms in total. The first kappa shape index (κ1) is 20.7. The fourth-order valence-electron chi connectivity index (χ4n) is 3.80. The fraction of sp³-hybridized carbons (Fsp3) is 0.500. The Labute approximate surface area is 171 Å². The van der Waals surface area contributed by atoms with Crippen LogP contribution in [-0.2, 0) is 10.8 Å². The van der Waals surface area contributed by atoms with Crippen LogP contribution in [0.25, 0.3) is 0 Å². The van der Waals surface area contributed by atoms with Crippen LogP contribution >= 0.6 is 11.8 Å². The van der Waals surface area contributed by atoms with Gasteiger partial charge in [0.05, 0.1) is 20.6 Å². The topological polar surface area (TPSA) is 17.1 Å². The summed E-state index contributed by atoms with van der Waals surface area (Å²) in [6.07, 6.45) is 0. The molecule has 0 spiro atoms. The zero-order chi connectivity index (χ0) is 20.0. The normalized spacial score (nSPS) is 14.4. The highest BCUT2D eigenvalue weighted by molar-refractivity contribution is 8.01. The molecule has 146 valence electrons. The summed E-state index contributed by atoms with van der Waals surface area (Å²) in [6.45, 7) is 17.8. The van der Waals surface area contributed by atoms with Gasteiger partial charge in [-0.25, -0.2) is 4.21 Å². The molecule has 0 atom stereocenters. The minimum Gasteiger partial charge on any atom is -0.249 e. The van der Waals surface area contributed by atoms with Crippen LogP contribution in [0.15, 0.2) is 43.8 Å². The molecule has 0 saturated heterocycles. The Hall–Kier alpha value is -1.06. The zero-order valence-corrected chi connectivity index (χ0v) is 19.5. The third kappa shape index (κ3) is 3.53. The van der Waals surface area contributed by atoms with E-state index >= 15 is 0 Å². The fourth-order valence-corrected chi connectivity index (χ4v) is 7.79. The molecule has 1 heterocycles. The van der Waals surface area contributed by atoms with E-state index in [1.807, 2.05) is 11.8 Å². The van der Waals surface area contributed by atoms with E-state index in [1.165, 1.54) is 32.0 Å². The van der Waals surface area contributed by atoms with Gasteiger partial charge in [0.1, 0.15) is 0 Å². The molecule has 3 heteroatoms. The van der Waals surface area contributed by atoms with Crippen molar-refractivity contribution >= 4 is 22.6 Å². The van der Waals surface area contributed by atoms with Crippen LogP contribution in [-0.4, -0.2) is 4.21 Å². The molecular weight excluding hydrogens is 368 g/mol. The summed E-state index contributed by atoms with van der Waals surface area (Å²) < 4.78 is 14.0. The van der Waals surface area contributed by atoms with E-state index in [1.54, 1.807) is 0 Å². The lowest BCUT2D eigenvalue weighted by Gasteiger charge is -2.30. The molecule has 0 bridgehead atoms. The molecule has 2 aromatic carbocycles. The predicted molar refractivity (Wildman–Crippen MR) is 118 cm³/mol. The van der Waals surface area contributed by atoms with Gasteiger partial charge in [-0.15, -0.1) is 0 Å². The molecule has 0 fully saturated rings. The Bertz CT molecular complexity index is 820. The van der Waals surface area contributed by atoms with Crippen molar-refractivity contribution in [1.82, 2.24) is 0 Å². The van der Waals surface area contributed by atoms with Gasteiger partial charge in [0.25, 0.3) is 0 Å². The van der Waals surface area contributed by atoms with Gasteiger partial charge in [-0.1, -0.05) is 91.4 Å². The SMILES string of the molecule is CC(C)c1ccc(C(C)C)c2c1Sc1c(C(C)C)ccc(C(C)C)c1S2=O. The lowest BCUT2D eigenvalue weighted by molar-refractivity contribution is 0.668. The van der Waals surface area contributed by atoms with Crippen LogP contribution < -0.4 is 0 Å². The quantitative estimate of drug-likeness (QED) is 0.444. The van der Waals surface area contributed by atoms with E-state index in [-0.39, 0.29) is 0 Å². The largest absolute Gasteiger partial charge is 0.249 e. The van der Waals surface area contributed by atoms with Crippen molar-refractivity contribution in [2.75, 3.05) is 0 Å². The second kappa shape index (κ2) is 7.75. The van der Waals surface area contributed by atoms with Crippen LogP contribution in [0.1, 0.15) is 101 Å². The molecule has 0 unspecified atom stereocenters. The smallest absolute Gasteiger partial charge is 0.0878 e. The summed E-state index contributed by atoms with van der Waals surface area (Å²) in [7, 11) is -1.13. The maximum Gasteiger partial charge on any atom is 0.0878 e. The Morgan fingerprint density at radius 3 is 1.19 bits per heavy atom. The predicted octanol–water partition coefficient (Wildman–Crippen LogP) is 7.81. The van der Waals surface area contributed by atoms with Gasteiger partial charge < -0.3 is 0 Å². The maximum absolute atomic E-state index is 14.0. The average molecular weight is 401 g/mol. The van der Waals surface area contributed by atoms with Crippen molar-refractivity contribution in [3.05, 3.63) is 46.5 Å². The van der Waals surface area contributed by atoms with Crippen molar-refractivity contribution in [1.29, 1.82) is 0 Å². The first-order valence-corrected chi connectivity index (χ1v) is 12.0. The Balaban J connectivity index is 2.37. The summed E-state index contributed by atoms with van der Waals surface area (Å²) in [5.74, 6) is 1.56.